The number of carbonyl (C=O) groups is 3. The lowest BCUT2D eigenvalue weighted by Gasteiger charge is -2.15. The highest BCUT2D eigenvalue weighted by Gasteiger charge is 2.37. The minimum atomic E-state index is -1.08. The van der Waals surface area contributed by atoms with E-state index >= 15 is 0 Å². The van der Waals surface area contributed by atoms with Crippen molar-refractivity contribution in [3.63, 3.8) is 0 Å². The van der Waals surface area contributed by atoms with Crippen molar-refractivity contribution in [3.05, 3.63) is 59.0 Å². The number of para-hydroxylation sites is 2. The second kappa shape index (κ2) is 7.96. The van der Waals surface area contributed by atoms with Crippen molar-refractivity contribution in [1.82, 2.24) is 0 Å². The van der Waals surface area contributed by atoms with Crippen molar-refractivity contribution in [1.29, 1.82) is 0 Å². The van der Waals surface area contributed by atoms with Gasteiger partial charge in [0.15, 0.2) is 6.61 Å². The van der Waals surface area contributed by atoms with E-state index in [1.165, 1.54) is 7.11 Å². The number of anilines is 1. The molecule has 1 heterocycles. The van der Waals surface area contributed by atoms with Gasteiger partial charge in [0.1, 0.15) is 11.5 Å². The number of methoxy groups -OCH3 is 1. The fraction of sp³-hybridized carbons (Fsp3) is 0.105. The predicted molar refractivity (Wildman–Crippen MR) is 101 cm³/mol. The number of carboxylic acids is 1. The Morgan fingerprint density at radius 3 is 2.70 bits per heavy atom. The molecule has 1 fully saturated rings. The van der Waals surface area contributed by atoms with E-state index in [0.29, 0.717) is 22.7 Å². The van der Waals surface area contributed by atoms with Crippen LogP contribution in [-0.2, 0) is 9.59 Å². The third-order valence-electron chi connectivity index (χ3n) is 3.64. The molecule has 0 saturated carbocycles. The van der Waals surface area contributed by atoms with Crippen LogP contribution < -0.4 is 14.4 Å². The molecule has 1 saturated heterocycles. The first-order valence-electron chi connectivity index (χ1n) is 7.85. The quantitative estimate of drug-likeness (QED) is 0.762. The minimum Gasteiger partial charge on any atom is -0.495 e. The maximum Gasteiger partial charge on any atom is 0.341 e. The number of carbonyl (C=O) groups excluding carboxylic acids is 2. The Bertz CT molecular complexity index is 939. The fourth-order valence-electron chi connectivity index (χ4n) is 2.48. The lowest BCUT2D eigenvalue weighted by atomic mass is 10.2. The second-order valence-corrected chi connectivity index (χ2v) is 6.44. The minimum absolute atomic E-state index is 0.251. The van der Waals surface area contributed by atoms with Crippen LogP contribution >= 0.6 is 11.8 Å². The number of carboxylic acid groups (broad SMARTS) is 1. The molecule has 1 aliphatic heterocycles. The van der Waals surface area contributed by atoms with Crippen LogP contribution in [0.5, 0.6) is 11.5 Å². The highest BCUT2D eigenvalue weighted by atomic mass is 32.2. The number of nitrogens with zero attached hydrogens (tertiary/aromatic N) is 1. The Balaban J connectivity index is 1.86. The van der Waals surface area contributed by atoms with Gasteiger partial charge in [0.05, 0.1) is 17.7 Å². The molecule has 0 radical (unpaired) electrons. The van der Waals surface area contributed by atoms with Crippen LogP contribution in [0.1, 0.15) is 5.56 Å². The largest absolute Gasteiger partial charge is 0.495 e. The SMILES string of the molecule is COc1ccccc1N1C(=O)S/C(=C/c2cccc(OCC(=O)O)c2)C1=O. The van der Waals surface area contributed by atoms with E-state index < -0.39 is 23.7 Å². The molecule has 3 rings (SSSR count). The average Bonchev–Trinajstić information content (AvgIpc) is 2.93. The molecule has 2 amide bonds. The molecule has 27 heavy (non-hydrogen) atoms. The van der Waals surface area contributed by atoms with E-state index in [1.54, 1.807) is 54.6 Å². The van der Waals surface area contributed by atoms with Gasteiger partial charge in [0.2, 0.25) is 0 Å². The van der Waals surface area contributed by atoms with Crippen LogP contribution in [0, 0.1) is 0 Å². The van der Waals surface area contributed by atoms with Gasteiger partial charge in [0, 0.05) is 0 Å². The van der Waals surface area contributed by atoms with E-state index in [4.69, 9.17) is 14.6 Å². The van der Waals surface area contributed by atoms with Crippen LogP contribution in [-0.4, -0.2) is 35.9 Å². The summed E-state index contributed by atoms with van der Waals surface area (Å²) in [5.74, 6) is -0.759. The highest BCUT2D eigenvalue weighted by Crippen LogP contribution is 2.39. The smallest absolute Gasteiger partial charge is 0.341 e. The molecule has 7 nitrogen and oxygen atoms in total. The Morgan fingerprint density at radius 1 is 1.19 bits per heavy atom. The van der Waals surface area contributed by atoms with E-state index in [1.807, 2.05) is 0 Å². The molecule has 0 atom stereocenters. The molecule has 0 bridgehead atoms. The molecule has 0 spiro atoms. The zero-order chi connectivity index (χ0) is 19.4. The van der Waals surface area contributed by atoms with E-state index in [9.17, 15) is 14.4 Å². The van der Waals surface area contributed by atoms with Gasteiger partial charge in [-0.3, -0.25) is 9.59 Å². The summed E-state index contributed by atoms with van der Waals surface area (Å²) in [6.45, 7) is -0.465. The number of benzene rings is 2. The Hall–Kier alpha value is -3.26. The van der Waals surface area contributed by atoms with E-state index in [0.717, 1.165) is 16.7 Å². The number of amides is 2. The summed E-state index contributed by atoms with van der Waals surface area (Å²) >= 11 is 0.823. The molecule has 8 heteroatoms. The van der Waals surface area contributed by atoms with Crippen LogP contribution in [0.3, 0.4) is 0 Å². The second-order valence-electron chi connectivity index (χ2n) is 5.44. The van der Waals surface area contributed by atoms with Crippen LogP contribution in [0.2, 0.25) is 0 Å². The molecule has 1 N–H and O–H groups in total. The van der Waals surface area contributed by atoms with Crippen molar-refractivity contribution in [2.75, 3.05) is 18.6 Å². The first kappa shape index (κ1) is 18.5. The van der Waals surface area contributed by atoms with Crippen molar-refractivity contribution in [2.24, 2.45) is 0 Å². The molecular weight excluding hydrogens is 370 g/mol. The topological polar surface area (TPSA) is 93.1 Å². The zero-order valence-corrected chi connectivity index (χ0v) is 15.1. The summed E-state index contributed by atoms with van der Waals surface area (Å²) in [6.07, 6.45) is 1.56. The normalized spacial score (nSPS) is 15.3. The molecule has 0 aliphatic carbocycles. The van der Waals surface area contributed by atoms with E-state index in [-0.39, 0.29) is 4.91 Å². The van der Waals surface area contributed by atoms with Gasteiger partial charge in [-0.05, 0) is 47.7 Å². The first-order chi connectivity index (χ1) is 13.0. The predicted octanol–water partition coefficient (Wildman–Crippen LogP) is 3.40. The molecular formula is C19H15NO6S. The maximum absolute atomic E-state index is 12.7. The lowest BCUT2D eigenvalue weighted by molar-refractivity contribution is -0.139. The number of ether oxygens (including phenoxy) is 2. The number of aliphatic carboxylic acids is 1. The Kier molecular flexibility index (Phi) is 5.46. The van der Waals surface area contributed by atoms with Gasteiger partial charge >= 0.3 is 5.97 Å². The summed E-state index contributed by atoms with van der Waals surface area (Å²) in [7, 11) is 1.47. The summed E-state index contributed by atoms with van der Waals surface area (Å²) < 4.78 is 10.4. The third kappa shape index (κ3) is 4.12. The summed E-state index contributed by atoms with van der Waals surface area (Å²) in [4.78, 5) is 37.0. The monoisotopic (exact) mass is 385 g/mol. The number of rotatable bonds is 6. The molecule has 0 aromatic heterocycles. The number of hydrogen-bond donors (Lipinski definition) is 1. The summed E-state index contributed by atoms with van der Waals surface area (Å²) in [6, 6.07) is 13.4. The lowest BCUT2D eigenvalue weighted by Crippen LogP contribution is -2.28. The van der Waals surface area contributed by atoms with Crippen molar-refractivity contribution in [2.45, 2.75) is 0 Å². The van der Waals surface area contributed by atoms with Gasteiger partial charge < -0.3 is 14.6 Å². The standard InChI is InChI=1S/C19H15NO6S/c1-25-15-8-3-2-7-14(15)20-18(23)16(27-19(20)24)10-12-5-4-6-13(9-12)26-11-17(21)22/h2-10H,11H2,1H3,(H,21,22)/b16-10+. The first-order valence-corrected chi connectivity index (χ1v) is 8.67. The van der Waals surface area contributed by atoms with Gasteiger partial charge in [-0.2, -0.15) is 0 Å². The van der Waals surface area contributed by atoms with Gasteiger partial charge in [0.25, 0.3) is 11.1 Å². The fourth-order valence-corrected chi connectivity index (χ4v) is 3.31. The van der Waals surface area contributed by atoms with Crippen LogP contribution in [0.25, 0.3) is 6.08 Å². The van der Waals surface area contributed by atoms with Gasteiger partial charge in [-0.15, -0.1) is 0 Å². The van der Waals surface area contributed by atoms with Crippen molar-refractivity contribution in [3.8, 4) is 11.5 Å². The van der Waals surface area contributed by atoms with Crippen LogP contribution in [0.15, 0.2) is 53.4 Å². The van der Waals surface area contributed by atoms with Crippen molar-refractivity contribution < 1.29 is 29.0 Å². The Labute approximate surface area is 159 Å². The third-order valence-corrected chi connectivity index (χ3v) is 4.51. The number of imide groups is 1. The molecule has 1 aliphatic rings. The molecule has 0 unspecified atom stereocenters. The van der Waals surface area contributed by atoms with E-state index in [2.05, 4.69) is 0 Å². The number of thioether (sulfide) groups is 1. The van der Waals surface area contributed by atoms with Crippen molar-refractivity contribution >= 4 is 40.6 Å². The molecule has 2 aromatic rings. The summed E-state index contributed by atoms with van der Waals surface area (Å²) in [5, 5.41) is 8.26. The number of hydrogen-bond acceptors (Lipinski definition) is 6. The maximum atomic E-state index is 12.7. The van der Waals surface area contributed by atoms with Gasteiger partial charge in [-0.1, -0.05) is 24.3 Å². The van der Waals surface area contributed by atoms with Gasteiger partial charge in [-0.25, -0.2) is 9.69 Å². The van der Waals surface area contributed by atoms with Crippen LogP contribution in [0.4, 0.5) is 10.5 Å². The highest BCUT2D eigenvalue weighted by molar-refractivity contribution is 8.19. The summed E-state index contributed by atoms with van der Waals surface area (Å²) in [5.41, 5.74) is 0.993. The average molecular weight is 385 g/mol. The molecule has 138 valence electrons. The Morgan fingerprint density at radius 2 is 1.96 bits per heavy atom. The zero-order valence-electron chi connectivity index (χ0n) is 14.2. The molecule has 2 aromatic carbocycles.